The third kappa shape index (κ3) is 3.48. The van der Waals surface area contributed by atoms with Gasteiger partial charge < -0.3 is 5.73 Å². The van der Waals surface area contributed by atoms with Crippen LogP contribution in [0.25, 0.3) is 0 Å². The molecule has 0 heterocycles. The summed E-state index contributed by atoms with van der Waals surface area (Å²) in [7, 11) is -3.31. The lowest BCUT2D eigenvalue weighted by Gasteiger charge is -2.41. The monoisotopic (exact) mass is 282 g/mol. The van der Waals surface area contributed by atoms with Gasteiger partial charge in [-0.15, -0.1) is 0 Å². The average Bonchev–Trinajstić information content (AvgIpc) is 2.31. The molecule has 0 amide bonds. The number of anilines is 1. The third-order valence-electron chi connectivity index (χ3n) is 4.23. The van der Waals surface area contributed by atoms with Crippen molar-refractivity contribution in [2.45, 2.75) is 38.4 Å². The fraction of sp³-hybridized carbons (Fsp3) is 0.571. The van der Waals surface area contributed by atoms with Crippen molar-refractivity contribution in [2.24, 2.45) is 5.41 Å². The molecule has 1 aromatic carbocycles. The highest BCUT2D eigenvalue weighted by molar-refractivity contribution is 7.88. The molecule has 0 spiro atoms. The second kappa shape index (κ2) is 5.51. The summed E-state index contributed by atoms with van der Waals surface area (Å²) < 4.78 is 26.9. The van der Waals surface area contributed by atoms with Crippen LogP contribution in [0.1, 0.15) is 38.2 Å². The van der Waals surface area contributed by atoms with E-state index in [9.17, 15) is 8.42 Å². The SMILES string of the molecule is CCC1(CNS(=O)(=O)Cc2ccccc2N)CCC1. The molecule has 4 nitrogen and oxygen atoms in total. The number of nitrogens with one attached hydrogen (secondary N) is 1. The Morgan fingerprint density at radius 2 is 2.00 bits per heavy atom. The van der Waals surface area contributed by atoms with Crippen LogP contribution in [0.4, 0.5) is 5.69 Å². The highest BCUT2D eigenvalue weighted by Crippen LogP contribution is 2.43. The molecule has 3 N–H and O–H groups in total. The van der Waals surface area contributed by atoms with E-state index >= 15 is 0 Å². The van der Waals surface area contributed by atoms with Gasteiger partial charge >= 0.3 is 0 Å². The third-order valence-corrected chi connectivity index (χ3v) is 5.51. The highest BCUT2D eigenvalue weighted by atomic mass is 32.2. The van der Waals surface area contributed by atoms with Crippen LogP contribution in [0.5, 0.6) is 0 Å². The quantitative estimate of drug-likeness (QED) is 0.786. The van der Waals surface area contributed by atoms with E-state index in [1.165, 1.54) is 6.42 Å². The Morgan fingerprint density at radius 1 is 1.32 bits per heavy atom. The average molecular weight is 282 g/mol. The molecule has 0 atom stereocenters. The maximum Gasteiger partial charge on any atom is 0.215 e. The summed E-state index contributed by atoms with van der Waals surface area (Å²) in [6.07, 6.45) is 4.49. The first-order valence-corrected chi connectivity index (χ1v) is 8.42. The second-order valence-corrected chi connectivity index (χ2v) is 7.29. The number of benzene rings is 1. The Hall–Kier alpha value is -1.07. The topological polar surface area (TPSA) is 72.2 Å². The predicted octanol–water partition coefficient (Wildman–Crippen LogP) is 2.27. The van der Waals surface area contributed by atoms with E-state index in [4.69, 9.17) is 5.73 Å². The van der Waals surface area contributed by atoms with Crippen LogP contribution < -0.4 is 10.5 Å². The van der Waals surface area contributed by atoms with Crippen LogP contribution in [0, 0.1) is 5.41 Å². The van der Waals surface area contributed by atoms with Gasteiger partial charge in [0.1, 0.15) is 0 Å². The van der Waals surface area contributed by atoms with E-state index in [2.05, 4.69) is 11.6 Å². The van der Waals surface area contributed by atoms with Gasteiger partial charge in [-0.2, -0.15) is 0 Å². The fourth-order valence-electron chi connectivity index (χ4n) is 2.52. The van der Waals surface area contributed by atoms with Crippen molar-refractivity contribution in [3.8, 4) is 0 Å². The van der Waals surface area contributed by atoms with Gasteiger partial charge in [0.15, 0.2) is 0 Å². The van der Waals surface area contributed by atoms with E-state index in [0.29, 0.717) is 17.8 Å². The molecule has 0 radical (unpaired) electrons. The number of sulfonamides is 1. The van der Waals surface area contributed by atoms with E-state index < -0.39 is 10.0 Å². The molecule has 106 valence electrons. The minimum atomic E-state index is -3.31. The number of nitrogen functional groups attached to an aromatic ring is 1. The Bertz CT molecular complexity index is 531. The number of hydrogen-bond donors (Lipinski definition) is 2. The van der Waals surface area contributed by atoms with Crippen molar-refractivity contribution >= 4 is 15.7 Å². The van der Waals surface area contributed by atoms with E-state index in [0.717, 1.165) is 19.3 Å². The van der Waals surface area contributed by atoms with Crippen molar-refractivity contribution in [1.82, 2.24) is 4.72 Å². The molecule has 1 fully saturated rings. The van der Waals surface area contributed by atoms with E-state index in [1.807, 2.05) is 0 Å². The summed E-state index contributed by atoms with van der Waals surface area (Å²) in [4.78, 5) is 0. The number of nitrogens with two attached hydrogens (primary N) is 1. The number of rotatable bonds is 6. The van der Waals surface area contributed by atoms with Crippen LogP contribution in [-0.4, -0.2) is 15.0 Å². The molecular formula is C14H22N2O2S. The molecule has 0 aliphatic heterocycles. The highest BCUT2D eigenvalue weighted by Gasteiger charge is 2.35. The van der Waals surface area contributed by atoms with E-state index in [1.54, 1.807) is 24.3 Å². The summed E-state index contributed by atoms with van der Waals surface area (Å²) in [5.41, 5.74) is 7.16. The molecule has 1 aliphatic rings. The number of para-hydroxylation sites is 1. The minimum absolute atomic E-state index is 0.0422. The first-order chi connectivity index (χ1) is 8.96. The lowest BCUT2D eigenvalue weighted by atomic mass is 9.67. The van der Waals surface area contributed by atoms with Crippen molar-refractivity contribution in [3.63, 3.8) is 0 Å². The largest absolute Gasteiger partial charge is 0.398 e. The van der Waals surface area contributed by atoms with Crippen molar-refractivity contribution in [3.05, 3.63) is 29.8 Å². The van der Waals surface area contributed by atoms with E-state index in [-0.39, 0.29) is 11.2 Å². The van der Waals surface area contributed by atoms with Crippen molar-refractivity contribution < 1.29 is 8.42 Å². The first kappa shape index (κ1) is 14.3. The lowest BCUT2D eigenvalue weighted by molar-refractivity contribution is 0.133. The second-order valence-electron chi connectivity index (χ2n) is 5.49. The lowest BCUT2D eigenvalue weighted by Crippen LogP contribution is -2.42. The Labute approximate surface area is 115 Å². The van der Waals surface area contributed by atoms with Crippen LogP contribution in [0.2, 0.25) is 0 Å². The molecular weight excluding hydrogens is 260 g/mol. The minimum Gasteiger partial charge on any atom is -0.398 e. The number of hydrogen-bond acceptors (Lipinski definition) is 3. The van der Waals surface area contributed by atoms with Gasteiger partial charge in [0, 0.05) is 12.2 Å². The molecule has 5 heteroatoms. The molecule has 2 rings (SSSR count). The zero-order chi connectivity index (χ0) is 13.9. The molecule has 0 bridgehead atoms. The molecule has 0 unspecified atom stereocenters. The van der Waals surface area contributed by atoms with Crippen LogP contribution in [0.15, 0.2) is 24.3 Å². The maximum atomic E-state index is 12.1. The van der Waals surface area contributed by atoms with Crippen LogP contribution in [0.3, 0.4) is 0 Å². The molecule has 0 aromatic heterocycles. The predicted molar refractivity (Wildman–Crippen MR) is 78.1 cm³/mol. The Balaban J connectivity index is 1.98. The van der Waals surface area contributed by atoms with Crippen molar-refractivity contribution in [1.29, 1.82) is 0 Å². The molecule has 1 aliphatic carbocycles. The summed E-state index contributed by atoms with van der Waals surface area (Å²) in [6.45, 7) is 2.68. The molecule has 1 aromatic rings. The normalized spacial score (nSPS) is 17.9. The zero-order valence-electron chi connectivity index (χ0n) is 11.4. The summed E-state index contributed by atoms with van der Waals surface area (Å²) in [6, 6.07) is 7.10. The van der Waals surface area contributed by atoms with Gasteiger partial charge in [-0.05, 0) is 36.3 Å². The van der Waals surface area contributed by atoms with Crippen molar-refractivity contribution in [2.75, 3.05) is 12.3 Å². The maximum absolute atomic E-state index is 12.1. The Morgan fingerprint density at radius 3 is 2.53 bits per heavy atom. The summed E-state index contributed by atoms with van der Waals surface area (Å²) in [5.74, 6) is -0.0422. The van der Waals surface area contributed by atoms with Gasteiger partial charge in [-0.1, -0.05) is 31.5 Å². The molecule has 1 saturated carbocycles. The standard InChI is InChI=1S/C14H22N2O2S/c1-2-14(8-5-9-14)11-16-19(17,18)10-12-6-3-4-7-13(12)15/h3-4,6-7,16H,2,5,8-11,15H2,1H3. The fourth-order valence-corrected chi connectivity index (χ4v) is 3.82. The van der Waals surface area contributed by atoms with Gasteiger partial charge in [-0.3, -0.25) is 0 Å². The molecule has 0 saturated heterocycles. The zero-order valence-corrected chi connectivity index (χ0v) is 12.2. The summed E-state index contributed by atoms with van der Waals surface area (Å²) in [5, 5.41) is 0. The van der Waals surface area contributed by atoms with Gasteiger partial charge in [0.25, 0.3) is 0 Å². The van der Waals surface area contributed by atoms with Gasteiger partial charge in [0.05, 0.1) is 5.75 Å². The molecule has 19 heavy (non-hydrogen) atoms. The van der Waals surface area contributed by atoms with Crippen LogP contribution >= 0.6 is 0 Å². The van der Waals surface area contributed by atoms with Crippen LogP contribution in [-0.2, 0) is 15.8 Å². The van der Waals surface area contributed by atoms with Gasteiger partial charge in [0.2, 0.25) is 10.0 Å². The Kier molecular flexibility index (Phi) is 4.16. The summed E-state index contributed by atoms with van der Waals surface area (Å²) >= 11 is 0. The van der Waals surface area contributed by atoms with Gasteiger partial charge in [-0.25, -0.2) is 13.1 Å². The smallest absolute Gasteiger partial charge is 0.215 e. The first-order valence-electron chi connectivity index (χ1n) is 6.77.